The average molecular weight is 752 g/mol. The SMILES string of the molecule is C=C\C=C/C(=C\C)C(=C(\c1ccccc1)c1ccc2[nH]c3ccc(C(=C(c4ccccc4)c4ccccc4)c4ccccc4)cc3c2c1)/c1ccccc1.CC.CC. The van der Waals surface area contributed by atoms with E-state index >= 15 is 0 Å². The predicted molar refractivity (Wildman–Crippen MR) is 255 cm³/mol. The molecule has 0 fully saturated rings. The van der Waals surface area contributed by atoms with Gasteiger partial charge in [0.2, 0.25) is 0 Å². The second-order valence-electron chi connectivity index (χ2n) is 13.3. The molecule has 8 aromatic rings. The summed E-state index contributed by atoms with van der Waals surface area (Å²) in [5, 5.41) is 2.37. The molecule has 8 rings (SSSR count). The predicted octanol–water partition coefficient (Wildman–Crippen LogP) is 16.0. The number of aromatic amines is 1. The molecule has 0 saturated heterocycles. The van der Waals surface area contributed by atoms with Crippen LogP contribution in [0.15, 0.2) is 225 Å². The third-order valence-electron chi connectivity index (χ3n) is 10.00. The van der Waals surface area contributed by atoms with Crippen LogP contribution in [0.2, 0.25) is 0 Å². The Labute approximate surface area is 345 Å². The van der Waals surface area contributed by atoms with Gasteiger partial charge in [-0.05, 0) is 98.0 Å². The van der Waals surface area contributed by atoms with Crippen molar-refractivity contribution in [2.45, 2.75) is 34.6 Å². The van der Waals surface area contributed by atoms with Gasteiger partial charge >= 0.3 is 0 Å². The molecule has 7 aromatic carbocycles. The van der Waals surface area contributed by atoms with Crippen molar-refractivity contribution < 1.29 is 0 Å². The van der Waals surface area contributed by atoms with Gasteiger partial charge in [-0.1, -0.05) is 222 Å². The molecule has 1 heteroatoms. The van der Waals surface area contributed by atoms with E-state index in [2.05, 4.69) is 219 Å². The topological polar surface area (TPSA) is 15.8 Å². The summed E-state index contributed by atoms with van der Waals surface area (Å²) in [6.45, 7) is 14.1. The fourth-order valence-corrected chi connectivity index (χ4v) is 7.55. The second-order valence-corrected chi connectivity index (χ2v) is 13.3. The maximum absolute atomic E-state index is 3.96. The molecule has 1 aromatic heterocycles. The third-order valence-corrected chi connectivity index (χ3v) is 10.00. The molecule has 286 valence electrons. The van der Waals surface area contributed by atoms with Crippen LogP contribution in [0.4, 0.5) is 0 Å². The molecule has 0 radical (unpaired) electrons. The lowest BCUT2D eigenvalue weighted by Crippen LogP contribution is -1.98. The molecule has 1 nitrogen and oxygen atoms in total. The third kappa shape index (κ3) is 8.86. The zero-order valence-corrected chi connectivity index (χ0v) is 34.4. The van der Waals surface area contributed by atoms with E-state index in [1.807, 2.05) is 39.8 Å². The Morgan fingerprint density at radius 3 is 1.14 bits per heavy atom. The summed E-state index contributed by atoms with van der Waals surface area (Å²) in [4.78, 5) is 3.74. The van der Waals surface area contributed by atoms with Gasteiger partial charge in [0.05, 0.1) is 0 Å². The fourth-order valence-electron chi connectivity index (χ4n) is 7.55. The van der Waals surface area contributed by atoms with Crippen LogP contribution in [0, 0.1) is 0 Å². The lowest BCUT2D eigenvalue weighted by Gasteiger charge is -2.19. The summed E-state index contributed by atoms with van der Waals surface area (Å²) < 4.78 is 0. The van der Waals surface area contributed by atoms with Crippen molar-refractivity contribution in [3.63, 3.8) is 0 Å². The van der Waals surface area contributed by atoms with Crippen LogP contribution in [-0.2, 0) is 0 Å². The minimum Gasteiger partial charge on any atom is -0.355 e. The van der Waals surface area contributed by atoms with Gasteiger partial charge in [-0.15, -0.1) is 0 Å². The van der Waals surface area contributed by atoms with Gasteiger partial charge < -0.3 is 4.98 Å². The van der Waals surface area contributed by atoms with Crippen molar-refractivity contribution in [3.8, 4) is 0 Å². The fraction of sp³-hybridized carbons (Fsp3) is 0.0877. The van der Waals surface area contributed by atoms with E-state index in [1.165, 1.54) is 49.8 Å². The Bertz CT molecular complexity index is 2630. The highest BCUT2D eigenvalue weighted by Crippen LogP contribution is 2.41. The Balaban J connectivity index is 0.00000138. The van der Waals surface area contributed by atoms with Crippen molar-refractivity contribution in [1.82, 2.24) is 4.98 Å². The van der Waals surface area contributed by atoms with E-state index in [0.29, 0.717) is 0 Å². The molecular formula is C57H53N. The summed E-state index contributed by atoms with van der Waals surface area (Å²) in [6.07, 6.45) is 8.20. The number of benzene rings is 7. The zero-order valence-electron chi connectivity index (χ0n) is 34.4. The number of hydrogen-bond donors (Lipinski definition) is 1. The van der Waals surface area contributed by atoms with E-state index in [1.54, 1.807) is 0 Å². The van der Waals surface area contributed by atoms with E-state index in [0.717, 1.165) is 38.9 Å². The molecule has 0 aliphatic rings. The number of H-pyrrole nitrogens is 1. The molecule has 58 heavy (non-hydrogen) atoms. The monoisotopic (exact) mass is 751 g/mol. The van der Waals surface area contributed by atoms with E-state index in [9.17, 15) is 0 Å². The molecule has 0 amide bonds. The number of rotatable bonds is 10. The standard InChI is InChI=1S/C53H41N.2C2H6/c1-3-5-21-38(4-2)50(39-22-11-6-12-23-39)52(42-28-17-9-18-29-42)44-32-34-48-46(36-44)47-37-45(33-35-49(47)54-48)53(43-30-19-10-20-31-43)51(40-24-13-7-14-25-40)41-26-15-8-16-27-41;2*1-2/h3-37,54H,1H2,2H3;2*1-2H3/b21-5-,38-4+,52-50-;;. The van der Waals surface area contributed by atoms with E-state index in [4.69, 9.17) is 0 Å². The molecule has 0 aliphatic heterocycles. The number of nitrogens with one attached hydrogen (secondary N) is 1. The highest BCUT2D eigenvalue weighted by Gasteiger charge is 2.20. The Kier molecular flexibility index (Phi) is 14.2. The average Bonchev–Trinajstić information content (AvgIpc) is 3.68. The lowest BCUT2D eigenvalue weighted by atomic mass is 9.84. The first-order valence-electron chi connectivity index (χ1n) is 20.5. The van der Waals surface area contributed by atoms with Gasteiger partial charge in [-0.2, -0.15) is 0 Å². The van der Waals surface area contributed by atoms with Crippen LogP contribution in [0.25, 0.3) is 44.1 Å². The molecule has 0 saturated carbocycles. The van der Waals surface area contributed by atoms with Gasteiger partial charge in [0.1, 0.15) is 0 Å². The zero-order chi connectivity index (χ0) is 40.7. The highest BCUT2D eigenvalue weighted by molar-refractivity contribution is 6.13. The lowest BCUT2D eigenvalue weighted by molar-refractivity contribution is 1.49. The molecule has 0 unspecified atom stereocenters. The Morgan fingerprint density at radius 2 is 0.759 bits per heavy atom. The minimum atomic E-state index is 1.11. The maximum Gasteiger partial charge on any atom is 0.0465 e. The van der Waals surface area contributed by atoms with Crippen molar-refractivity contribution in [1.29, 1.82) is 0 Å². The van der Waals surface area contributed by atoms with Crippen LogP contribution < -0.4 is 0 Å². The van der Waals surface area contributed by atoms with Crippen molar-refractivity contribution >= 4 is 44.1 Å². The number of aromatic nitrogens is 1. The van der Waals surface area contributed by atoms with Gasteiger partial charge in [0.25, 0.3) is 0 Å². The van der Waals surface area contributed by atoms with Crippen LogP contribution in [0.3, 0.4) is 0 Å². The molecular weight excluding hydrogens is 699 g/mol. The minimum absolute atomic E-state index is 1.11. The summed E-state index contributed by atoms with van der Waals surface area (Å²) in [7, 11) is 0. The summed E-state index contributed by atoms with van der Waals surface area (Å²) in [5.74, 6) is 0. The van der Waals surface area contributed by atoms with Crippen LogP contribution in [-0.4, -0.2) is 4.98 Å². The van der Waals surface area contributed by atoms with Crippen molar-refractivity contribution in [3.05, 3.63) is 263 Å². The first-order valence-corrected chi connectivity index (χ1v) is 20.5. The van der Waals surface area contributed by atoms with E-state index in [-0.39, 0.29) is 0 Å². The first kappa shape index (κ1) is 40.7. The maximum atomic E-state index is 3.96. The summed E-state index contributed by atoms with van der Waals surface area (Å²) in [6, 6.07) is 67.5. The number of fused-ring (bicyclic) bond motifs is 3. The van der Waals surface area contributed by atoms with Gasteiger partial charge in [-0.3, -0.25) is 0 Å². The molecule has 0 atom stereocenters. The highest BCUT2D eigenvalue weighted by atomic mass is 14.7. The van der Waals surface area contributed by atoms with Crippen molar-refractivity contribution in [2.24, 2.45) is 0 Å². The number of allylic oxidation sites excluding steroid dienone is 6. The Morgan fingerprint density at radius 1 is 0.414 bits per heavy atom. The number of hydrogen-bond acceptors (Lipinski definition) is 0. The molecule has 0 bridgehead atoms. The molecule has 0 aliphatic carbocycles. The first-order chi connectivity index (χ1) is 28.7. The quantitative estimate of drug-likeness (QED) is 0.106. The molecule has 0 spiro atoms. The summed E-state index contributed by atoms with van der Waals surface area (Å²) >= 11 is 0. The second kappa shape index (κ2) is 20.3. The summed E-state index contributed by atoms with van der Waals surface area (Å²) in [5.41, 5.74) is 16.3. The van der Waals surface area contributed by atoms with Gasteiger partial charge in [0, 0.05) is 21.8 Å². The van der Waals surface area contributed by atoms with Crippen LogP contribution in [0.5, 0.6) is 0 Å². The van der Waals surface area contributed by atoms with Gasteiger partial charge in [-0.25, -0.2) is 0 Å². The smallest absolute Gasteiger partial charge is 0.0465 e. The van der Waals surface area contributed by atoms with Gasteiger partial charge in [0.15, 0.2) is 0 Å². The van der Waals surface area contributed by atoms with Crippen molar-refractivity contribution in [2.75, 3.05) is 0 Å². The van der Waals surface area contributed by atoms with Crippen LogP contribution in [0.1, 0.15) is 73.6 Å². The van der Waals surface area contributed by atoms with Crippen LogP contribution >= 0.6 is 0 Å². The molecule has 1 heterocycles. The molecule has 1 N–H and O–H groups in total. The van der Waals surface area contributed by atoms with E-state index < -0.39 is 0 Å². The largest absolute Gasteiger partial charge is 0.355 e. The Hall–Kier alpha value is -6.96. The normalized spacial score (nSPS) is 11.6.